The SMILES string of the molecule is CSNC1CC2(C1)CC(NC(C)C)C2. The van der Waals surface area contributed by atoms with Crippen molar-refractivity contribution in [3.63, 3.8) is 0 Å². The molecule has 0 aromatic rings. The van der Waals surface area contributed by atoms with E-state index < -0.39 is 0 Å². The fourth-order valence-corrected chi connectivity index (χ4v) is 3.64. The summed E-state index contributed by atoms with van der Waals surface area (Å²) in [5.74, 6) is 0. The second-order valence-electron chi connectivity index (χ2n) is 5.35. The number of hydrogen-bond donors (Lipinski definition) is 2. The van der Waals surface area contributed by atoms with Crippen LogP contribution in [0.1, 0.15) is 39.5 Å². The van der Waals surface area contributed by atoms with E-state index in [0.29, 0.717) is 6.04 Å². The number of hydrogen-bond acceptors (Lipinski definition) is 3. The Morgan fingerprint density at radius 3 is 2.21 bits per heavy atom. The van der Waals surface area contributed by atoms with E-state index in [1.807, 2.05) is 0 Å². The van der Waals surface area contributed by atoms with Gasteiger partial charge in [0.1, 0.15) is 0 Å². The predicted molar refractivity (Wildman–Crippen MR) is 63.4 cm³/mol. The van der Waals surface area contributed by atoms with Gasteiger partial charge in [0.2, 0.25) is 0 Å². The Hall–Kier alpha value is 0.270. The van der Waals surface area contributed by atoms with E-state index in [0.717, 1.165) is 17.5 Å². The zero-order valence-corrected chi connectivity index (χ0v) is 10.3. The van der Waals surface area contributed by atoms with E-state index in [4.69, 9.17) is 0 Å². The highest BCUT2D eigenvalue weighted by Crippen LogP contribution is 2.56. The average Bonchev–Trinajstić information content (AvgIpc) is 1.95. The van der Waals surface area contributed by atoms with Crippen LogP contribution in [-0.4, -0.2) is 24.4 Å². The Morgan fingerprint density at radius 1 is 1.14 bits per heavy atom. The van der Waals surface area contributed by atoms with Gasteiger partial charge in [-0.3, -0.25) is 4.72 Å². The van der Waals surface area contributed by atoms with Crippen molar-refractivity contribution in [2.45, 2.75) is 57.7 Å². The van der Waals surface area contributed by atoms with Crippen LogP contribution >= 0.6 is 11.9 Å². The molecule has 0 atom stereocenters. The maximum atomic E-state index is 3.62. The molecule has 0 bridgehead atoms. The summed E-state index contributed by atoms with van der Waals surface area (Å²) in [5.41, 5.74) is 0.736. The molecule has 82 valence electrons. The van der Waals surface area contributed by atoms with Crippen LogP contribution in [-0.2, 0) is 0 Å². The van der Waals surface area contributed by atoms with Gasteiger partial charge in [-0.15, -0.1) is 0 Å². The Morgan fingerprint density at radius 2 is 1.71 bits per heavy atom. The largest absolute Gasteiger partial charge is 0.312 e. The molecule has 2 fully saturated rings. The highest BCUT2D eigenvalue weighted by molar-refractivity contribution is 7.96. The third-order valence-electron chi connectivity index (χ3n) is 3.57. The summed E-state index contributed by atoms with van der Waals surface area (Å²) in [4.78, 5) is 0. The van der Waals surface area contributed by atoms with Crippen molar-refractivity contribution in [3.05, 3.63) is 0 Å². The Kier molecular flexibility index (Phi) is 3.10. The van der Waals surface area contributed by atoms with Crippen LogP contribution in [0.5, 0.6) is 0 Å². The molecule has 2 saturated carbocycles. The fourth-order valence-electron chi connectivity index (χ4n) is 3.14. The minimum absolute atomic E-state index is 0.651. The molecule has 0 heterocycles. The Labute approximate surface area is 91.7 Å². The van der Waals surface area contributed by atoms with Crippen molar-refractivity contribution in [2.24, 2.45) is 5.41 Å². The van der Waals surface area contributed by atoms with Gasteiger partial charge in [0, 0.05) is 18.1 Å². The number of rotatable bonds is 4. The zero-order chi connectivity index (χ0) is 10.2. The summed E-state index contributed by atoms with van der Waals surface area (Å²) in [6.07, 6.45) is 7.76. The molecule has 0 saturated heterocycles. The van der Waals surface area contributed by atoms with Gasteiger partial charge in [0.15, 0.2) is 0 Å². The van der Waals surface area contributed by atoms with Crippen LogP contribution in [0.2, 0.25) is 0 Å². The van der Waals surface area contributed by atoms with Gasteiger partial charge < -0.3 is 5.32 Å². The monoisotopic (exact) mass is 214 g/mol. The minimum atomic E-state index is 0.651. The summed E-state index contributed by atoms with van der Waals surface area (Å²) in [5, 5.41) is 3.62. The van der Waals surface area contributed by atoms with Crippen LogP contribution in [0.15, 0.2) is 0 Å². The lowest BCUT2D eigenvalue weighted by molar-refractivity contribution is -0.0242. The molecule has 2 aliphatic rings. The van der Waals surface area contributed by atoms with Crippen LogP contribution in [0.3, 0.4) is 0 Å². The molecular weight excluding hydrogens is 192 g/mol. The van der Waals surface area contributed by atoms with E-state index in [2.05, 4.69) is 30.1 Å². The zero-order valence-electron chi connectivity index (χ0n) is 9.47. The van der Waals surface area contributed by atoms with Gasteiger partial charge in [0.25, 0.3) is 0 Å². The first-order valence-electron chi connectivity index (χ1n) is 5.68. The van der Waals surface area contributed by atoms with Gasteiger partial charge >= 0.3 is 0 Å². The van der Waals surface area contributed by atoms with E-state index in [-0.39, 0.29) is 0 Å². The Bertz CT molecular complexity index is 191. The van der Waals surface area contributed by atoms with Crippen LogP contribution in [0.25, 0.3) is 0 Å². The third-order valence-corrected chi connectivity index (χ3v) is 4.14. The van der Waals surface area contributed by atoms with Crippen LogP contribution in [0, 0.1) is 5.41 Å². The molecule has 2 rings (SSSR count). The standard InChI is InChI=1S/C11H22N2S/c1-8(2)12-9-4-11(5-9)6-10(7-11)13-14-3/h8-10,12-13H,4-7H2,1-3H3. The first kappa shape index (κ1) is 10.8. The van der Waals surface area contributed by atoms with E-state index >= 15 is 0 Å². The van der Waals surface area contributed by atoms with E-state index in [1.165, 1.54) is 25.7 Å². The van der Waals surface area contributed by atoms with Crippen molar-refractivity contribution < 1.29 is 0 Å². The summed E-state index contributed by atoms with van der Waals surface area (Å²) in [6.45, 7) is 4.48. The van der Waals surface area contributed by atoms with Gasteiger partial charge in [0.05, 0.1) is 0 Å². The molecule has 2 N–H and O–H groups in total. The summed E-state index contributed by atoms with van der Waals surface area (Å²) in [6, 6.07) is 2.26. The number of nitrogens with one attached hydrogen (secondary N) is 2. The van der Waals surface area contributed by atoms with Crippen molar-refractivity contribution in [2.75, 3.05) is 6.26 Å². The smallest absolute Gasteiger partial charge is 0.0182 e. The normalized spacial score (nSPS) is 41.1. The molecule has 0 unspecified atom stereocenters. The average molecular weight is 214 g/mol. The lowest BCUT2D eigenvalue weighted by Crippen LogP contribution is -2.59. The summed E-state index contributed by atoms with van der Waals surface area (Å²) in [7, 11) is 0. The highest BCUT2D eigenvalue weighted by atomic mass is 32.2. The van der Waals surface area contributed by atoms with Gasteiger partial charge in [-0.1, -0.05) is 25.8 Å². The molecule has 2 nitrogen and oxygen atoms in total. The molecule has 0 radical (unpaired) electrons. The second-order valence-corrected chi connectivity index (χ2v) is 6.00. The second kappa shape index (κ2) is 4.03. The fraction of sp³-hybridized carbons (Fsp3) is 1.00. The summed E-state index contributed by atoms with van der Waals surface area (Å²) < 4.78 is 3.46. The van der Waals surface area contributed by atoms with Crippen LogP contribution < -0.4 is 10.0 Å². The first-order valence-corrected chi connectivity index (χ1v) is 6.91. The quantitative estimate of drug-likeness (QED) is 0.701. The predicted octanol–water partition coefficient (Wildman–Crippen LogP) is 2.16. The molecule has 0 aliphatic heterocycles. The highest BCUT2D eigenvalue weighted by Gasteiger charge is 2.52. The molecular formula is C11H22N2S. The summed E-state index contributed by atoms with van der Waals surface area (Å²) >= 11 is 1.77. The van der Waals surface area contributed by atoms with Crippen LogP contribution in [0.4, 0.5) is 0 Å². The molecule has 0 aromatic carbocycles. The molecule has 14 heavy (non-hydrogen) atoms. The van der Waals surface area contributed by atoms with Crippen molar-refractivity contribution in [1.82, 2.24) is 10.0 Å². The van der Waals surface area contributed by atoms with Crippen molar-refractivity contribution >= 4 is 11.9 Å². The molecule has 1 spiro atoms. The van der Waals surface area contributed by atoms with Crippen molar-refractivity contribution in [1.29, 1.82) is 0 Å². The maximum Gasteiger partial charge on any atom is 0.0182 e. The molecule has 0 amide bonds. The Balaban J connectivity index is 1.64. The topological polar surface area (TPSA) is 24.1 Å². The van der Waals surface area contributed by atoms with Crippen molar-refractivity contribution in [3.8, 4) is 0 Å². The molecule has 3 heteroatoms. The lowest BCUT2D eigenvalue weighted by Gasteiger charge is -2.58. The van der Waals surface area contributed by atoms with E-state index in [1.54, 1.807) is 11.9 Å². The maximum absolute atomic E-state index is 3.62. The van der Waals surface area contributed by atoms with Gasteiger partial charge in [-0.05, 0) is 37.4 Å². The first-order chi connectivity index (χ1) is 6.63. The molecule has 0 aromatic heterocycles. The minimum Gasteiger partial charge on any atom is -0.312 e. The lowest BCUT2D eigenvalue weighted by atomic mass is 9.52. The van der Waals surface area contributed by atoms with Gasteiger partial charge in [-0.2, -0.15) is 0 Å². The van der Waals surface area contributed by atoms with E-state index in [9.17, 15) is 0 Å². The molecule has 2 aliphatic carbocycles. The third kappa shape index (κ3) is 2.10. The van der Waals surface area contributed by atoms with Gasteiger partial charge in [-0.25, -0.2) is 0 Å².